The van der Waals surface area contributed by atoms with Gasteiger partial charge in [0.05, 0.1) is 13.2 Å². The Kier molecular flexibility index (Phi) is 6.47. The first-order valence-corrected chi connectivity index (χ1v) is 7.49. The van der Waals surface area contributed by atoms with E-state index in [1.807, 2.05) is 0 Å². The lowest BCUT2D eigenvalue weighted by Gasteiger charge is -2.46. The molecule has 2 aliphatic rings. The monoisotopic (exact) mass is 358 g/mol. The summed E-state index contributed by atoms with van der Waals surface area (Å²) in [6.45, 7) is -1.52. The van der Waals surface area contributed by atoms with E-state index in [9.17, 15) is 35.0 Å². The zero-order valence-electron chi connectivity index (χ0n) is 12.5. The lowest BCUT2D eigenvalue weighted by atomic mass is 9.86. The molecule has 2 heterocycles. The molecule has 10 nitrogen and oxygen atoms in total. The Labute approximate surface area is 136 Å². The Morgan fingerprint density at radius 3 is 1.25 bits per heavy atom. The summed E-state index contributed by atoms with van der Waals surface area (Å²) < 4.78 is 24.9. The molecular formula is C13H23FO10. The van der Waals surface area contributed by atoms with E-state index in [0.717, 1.165) is 0 Å². The van der Waals surface area contributed by atoms with E-state index >= 15 is 0 Å². The first-order valence-electron chi connectivity index (χ1n) is 7.49. The van der Waals surface area contributed by atoms with E-state index < -0.39 is 80.4 Å². The molecule has 0 aliphatic carbocycles. The molecule has 2 fully saturated rings. The van der Waals surface area contributed by atoms with Crippen LogP contribution in [-0.2, 0) is 9.47 Å². The highest BCUT2D eigenvalue weighted by molar-refractivity contribution is 5.02. The lowest BCUT2D eigenvalue weighted by Crippen LogP contribution is -2.67. The van der Waals surface area contributed by atoms with Gasteiger partial charge in [0, 0.05) is 0 Å². The van der Waals surface area contributed by atoms with Crippen LogP contribution < -0.4 is 0 Å². The molecule has 0 radical (unpaired) electrons. The van der Waals surface area contributed by atoms with E-state index in [1.54, 1.807) is 0 Å². The Morgan fingerprint density at radius 1 is 0.625 bits per heavy atom. The molecule has 2 saturated heterocycles. The third kappa shape index (κ3) is 3.42. The van der Waals surface area contributed by atoms with Crippen molar-refractivity contribution in [1.82, 2.24) is 0 Å². The highest BCUT2D eigenvalue weighted by atomic mass is 19.1. The van der Waals surface area contributed by atoms with Gasteiger partial charge in [-0.3, -0.25) is 0 Å². The fourth-order valence-electron chi connectivity index (χ4n) is 2.97. The molecule has 0 aromatic rings. The van der Waals surface area contributed by atoms with Crippen LogP contribution in [0.5, 0.6) is 0 Å². The summed E-state index contributed by atoms with van der Waals surface area (Å²) in [6.07, 6.45) is -19.4. The number of aliphatic hydroxyl groups is 8. The molecular weight excluding hydrogens is 335 g/mol. The molecule has 0 aromatic carbocycles. The molecule has 0 saturated carbocycles. The van der Waals surface area contributed by atoms with Gasteiger partial charge in [-0.2, -0.15) is 0 Å². The van der Waals surface area contributed by atoms with Gasteiger partial charge in [-0.1, -0.05) is 0 Å². The van der Waals surface area contributed by atoms with Gasteiger partial charge in [0.2, 0.25) is 0 Å². The number of aliphatic hydroxyl groups excluding tert-OH is 8. The van der Waals surface area contributed by atoms with Gasteiger partial charge in [0.25, 0.3) is 0 Å². The average Bonchev–Trinajstić information content (AvgIpc) is 2.58. The molecule has 0 amide bonds. The van der Waals surface area contributed by atoms with Crippen molar-refractivity contribution in [2.75, 3.05) is 13.2 Å². The van der Waals surface area contributed by atoms with Gasteiger partial charge in [0.1, 0.15) is 61.0 Å². The Bertz CT molecular complexity index is 374. The highest BCUT2D eigenvalue weighted by Crippen LogP contribution is 2.31. The summed E-state index contributed by atoms with van der Waals surface area (Å²) in [6, 6.07) is 0. The standard InChI is InChI=1S/C13H23FO10/c14-5(12-10(21)8(19)6(17)3(1-15)23-12)13-11(22)9(20)7(18)4(2-16)24-13/h3-13,15-22H,1-2H2/t3-,4-,6-,7-,8+,9+,10-,11-,12-,13-/m1/s1. The second kappa shape index (κ2) is 7.83. The van der Waals surface area contributed by atoms with Crippen LogP contribution >= 0.6 is 0 Å². The van der Waals surface area contributed by atoms with E-state index in [0.29, 0.717) is 0 Å². The van der Waals surface area contributed by atoms with Gasteiger partial charge >= 0.3 is 0 Å². The molecule has 8 N–H and O–H groups in total. The molecule has 142 valence electrons. The maximum absolute atomic E-state index is 14.8. The minimum absolute atomic E-state index is 0.761. The molecule has 2 aliphatic heterocycles. The molecule has 0 spiro atoms. The van der Waals surface area contributed by atoms with Crippen molar-refractivity contribution in [3.63, 3.8) is 0 Å². The van der Waals surface area contributed by atoms with Crippen LogP contribution in [0.1, 0.15) is 0 Å². The van der Waals surface area contributed by atoms with Crippen molar-refractivity contribution in [3.8, 4) is 0 Å². The third-order valence-corrected chi connectivity index (χ3v) is 4.49. The Morgan fingerprint density at radius 2 is 0.958 bits per heavy atom. The predicted molar refractivity (Wildman–Crippen MR) is 72.4 cm³/mol. The van der Waals surface area contributed by atoms with Gasteiger partial charge in [-0.25, -0.2) is 4.39 Å². The molecule has 0 aromatic heterocycles. The van der Waals surface area contributed by atoms with Gasteiger partial charge < -0.3 is 50.3 Å². The van der Waals surface area contributed by atoms with Crippen LogP contribution in [0.3, 0.4) is 0 Å². The zero-order valence-corrected chi connectivity index (χ0v) is 12.5. The van der Waals surface area contributed by atoms with E-state index in [1.165, 1.54) is 0 Å². The van der Waals surface area contributed by atoms with Crippen molar-refractivity contribution in [1.29, 1.82) is 0 Å². The fraction of sp³-hybridized carbons (Fsp3) is 1.00. The first-order chi connectivity index (χ1) is 11.2. The minimum atomic E-state index is -2.30. The normalized spacial score (nSPS) is 51.4. The SMILES string of the molecule is OC[C@H]1O[C@H](C(F)[C@H]2O[C@H](CO)[C@@H](O)[C@H](O)[C@H]2O)[C@H](O)[C@@H](O)[C@@H]1O. The van der Waals surface area contributed by atoms with Gasteiger partial charge in [-0.05, 0) is 0 Å². The number of ether oxygens (including phenoxy) is 2. The number of hydrogen-bond donors (Lipinski definition) is 8. The summed E-state index contributed by atoms with van der Waals surface area (Å²) in [4.78, 5) is 0. The largest absolute Gasteiger partial charge is 0.394 e. The van der Waals surface area contributed by atoms with Crippen molar-refractivity contribution in [3.05, 3.63) is 0 Å². The Hall–Kier alpha value is -0.470. The van der Waals surface area contributed by atoms with Crippen molar-refractivity contribution in [2.45, 2.75) is 67.2 Å². The summed E-state index contributed by atoms with van der Waals surface area (Å²) in [5.41, 5.74) is 0. The average molecular weight is 358 g/mol. The van der Waals surface area contributed by atoms with Gasteiger partial charge in [0.15, 0.2) is 6.17 Å². The summed E-state index contributed by atoms with van der Waals surface area (Å²) in [5, 5.41) is 76.7. The van der Waals surface area contributed by atoms with E-state index in [2.05, 4.69) is 0 Å². The maximum Gasteiger partial charge on any atom is 0.157 e. The molecule has 11 heteroatoms. The molecule has 10 atom stereocenters. The van der Waals surface area contributed by atoms with E-state index in [-0.39, 0.29) is 0 Å². The molecule has 2 rings (SSSR count). The summed E-state index contributed by atoms with van der Waals surface area (Å²) >= 11 is 0. The van der Waals surface area contributed by atoms with Crippen molar-refractivity contribution >= 4 is 0 Å². The zero-order chi connectivity index (χ0) is 18.2. The maximum atomic E-state index is 14.8. The summed E-state index contributed by atoms with van der Waals surface area (Å²) in [5.74, 6) is 0. The molecule has 24 heavy (non-hydrogen) atoms. The van der Waals surface area contributed by atoms with Crippen LogP contribution in [0, 0.1) is 0 Å². The van der Waals surface area contributed by atoms with E-state index in [4.69, 9.17) is 19.7 Å². The smallest absolute Gasteiger partial charge is 0.157 e. The number of rotatable bonds is 4. The topological polar surface area (TPSA) is 180 Å². The van der Waals surface area contributed by atoms with Crippen LogP contribution in [-0.4, -0.2) is 121 Å². The number of halogens is 1. The minimum Gasteiger partial charge on any atom is -0.394 e. The quantitative estimate of drug-likeness (QED) is 0.242. The molecule has 0 bridgehead atoms. The highest BCUT2D eigenvalue weighted by Gasteiger charge is 2.53. The predicted octanol–water partition coefficient (Wildman–Crippen LogP) is -4.99. The van der Waals surface area contributed by atoms with Crippen LogP contribution in [0.4, 0.5) is 4.39 Å². The number of alkyl halides is 1. The van der Waals surface area contributed by atoms with Crippen LogP contribution in [0.15, 0.2) is 0 Å². The van der Waals surface area contributed by atoms with Crippen LogP contribution in [0.2, 0.25) is 0 Å². The lowest BCUT2D eigenvalue weighted by molar-refractivity contribution is -0.282. The molecule has 0 unspecified atom stereocenters. The third-order valence-electron chi connectivity index (χ3n) is 4.49. The first kappa shape index (κ1) is 19.8. The fourth-order valence-corrected chi connectivity index (χ4v) is 2.97. The second-order valence-corrected chi connectivity index (χ2v) is 6.03. The second-order valence-electron chi connectivity index (χ2n) is 6.03. The van der Waals surface area contributed by atoms with Crippen molar-refractivity contribution < 1.29 is 54.7 Å². The number of hydrogen-bond acceptors (Lipinski definition) is 10. The van der Waals surface area contributed by atoms with Crippen LogP contribution in [0.25, 0.3) is 0 Å². The van der Waals surface area contributed by atoms with Gasteiger partial charge in [-0.15, -0.1) is 0 Å². The van der Waals surface area contributed by atoms with Crippen molar-refractivity contribution in [2.24, 2.45) is 0 Å². The summed E-state index contributed by atoms with van der Waals surface area (Å²) in [7, 11) is 0. The Balaban J connectivity index is 2.18.